The third kappa shape index (κ3) is 2.67. The molecule has 0 spiro atoms. The molecular formula is C12H15N3O. The van der Waals surface area contributed by atoms with Crippen molar-refractivity contribution in [1.82, 2.24) is 15.3 Å². The number of hydrogen-bond donors (Lipinski definition) is 1. The predicted octanol–water partition coefficient (Wildman–Crippen LogP) is 2.23. The first-order valence-corrected chi connectivity index (χ1v) is 5.33. The molecule has 84 valence electrons. The van der Waals surface area contributed by atoms with Crippen LogP contribution in [0.25, 0.3) is 11.4 Å². The topological polar surface area (TPSA) is 51.0 Å². The maximum absolute atomic E-state index is 5.01. The highest BCUT2D eigenvalue weighted by Gasteiger charge is 2.03. The summed E-state index contributed by atoms with van der Waals surface area (Å²) in [5, 5.41) is 3.32. The number of nitrogens with one attached hydrogen (secondary N) is 1. The summed E-state index contributed by atoms with van der Waals surface area (Å²) < 4.78 is 5.01. The molecule has 0 aromatic carbocycles. The molecule has 2 rings (SSSR count). The molecular weight excluding hydrogens is 202 g/mol. The summed E-state index contributed by atoms with van der Waals surface area (Å²) in [6.45, 7) is 4.97. The van der Waals surface area contributed by atoms with E-state index >= 15 is 0 Å². The lowest BCUT2D eigenvalue weighted by atomic mass is 10.3. The molecule has 0 aliphatic carbocycles. The van der Waals surface area contributed by atoms with Gasteiger partial charge >= 0.3 is 0 Å². The van der Waals surface area contributed by atoms with Gasteiger partial charge in [0.2, 0.25) is 0 Å². The second-order valence-corrected chi connectivity index (χ2v) is 3.92. The van der Waals surface area contributed by atoms with Crippen molar-refractivity contribution in [3.05, 3.63) is 36.5 Å². The standard InChI is InChI=1S/C12H15N3O/c1-9(2)14-7-11-3-5-13-12(15-11)10-4-6-16-8-10/h3-6,8-9,14H,7H2,1-2H3. The highest BCUT2D eigenvalue weighted by atomic mass is 16.3. The van der Waals surface area contributed by atoms with Crippen molar-refractivity contribution < 1.29 is 4.42 Å². The molecule has 16 heavy (non-hydrogen) atoms. The number of furan rings is 1. The summed E-state index contributed by atoms with van der Waals surface area (Å²) in [5.74, 6) is 0.705. The first kappa shape index (κ1) is 10.8. The molecule has 0 aliphatic heterocycles. The lowest BCUT2D eigenvalue weighted by molar-refractivity contribution is 0.567. The Morgan fingerprint density at radius 3 is 2.94 bits per heavy atom. The van der Waals surface area contributed by atoms with Gasteiger partial charge in [0.15, 0.2) is 5.82 Å². The van der Waals surface area contributed by atoms with Crippen LogP contribution in [0.3, 0.4) is 0 Å². The van der Waals surface area contributed by atoms with Crippen LogP contribution in [0.5, 0.6) is 0 Å². The van der Waals surface area contributed by atoms with E-state index in [0.717, 1.165) is 17.8 Å². The molecule has 0 saturated heterocycles. The van der Waals surface area contributed by atoms with Crippen LogP contribution in [-0.2, 0) is 6.54 Å². The van der Waals surface area contributed by atoms with E-state index in [2.05, 4.69) is 29.1 Å². The van der Waals surface area contributed by atoms with Gasteiger partial charge in [-0.15, -0.1) is 0 Å². The molecule has 0 saturated carbocycles. The zero-order valence-corrected chi connectivity index (χ0v) is 9.47. The Morgan fingerprint density at radius 1 is 1.38 bits per heavy atom. The van der Waals surface area contributed by atoms with Gasteiger partial charge in [0.25, 0.3) is 0 Å². The van der Waals surface area contributed by atoms with E-state index in [-0.39, 0.29) is 0 Å². The molecule has 2 aromatic rings. The Hall–Kier alpha value is -1.68. The van der Waals surface area contributed by atoms with Crippen molar-refractivity contribution in [3.8, 4) is 11.4 Å². The van der Waals surface area contributed by atoms with Gasteiger partial charge in [0.1, 0.15) is 6.26 Å². The zero-order valence-electron chi connectivity index (χ0n) is 9.47. The second kappa shape index (κ2) is 4.90. The predicted molar refractivity (Wildman–Crippen MR) is 61.7 cm³/mol. The van der Waals surface area contributed by atoms with Crippen LogP contribution in [0.1, 0.15) is 19.5 Å². The van der Waals surface area contributed by atoms with Gasteiger partial charge in [-0.1, -0.05) is 13.8 Å². The van der Waals surface area contributed by atoms with E-state index in [1.54, 1.807) is 18.7 Å². The highest BCUT2D eigenvalue weighted by molar-refractivity contribution is 5.52. The van der Waals surface area contributed by atoms with E-state index in [1.165, 1.54) is 0 Å². The van der Waals surface area contributed by atoms with Gasteiger partial charge in [0.05, 0.1) is 17.5 Å². The Morgan fingerprint density at radius 2 is 2.25 bits per heavy atom. The smallest absolute Gasteiger partial charge is 0.162 e. The molecule has 0 unspecified atom stereocenters. The minimum absolute atomic E-state index is 0.451. The van der Waals surface area contributed by atoms with Gasteiger partial charge in [-0.05, 0) is 12.1 Å². The summed E-state index contributed by atoms with van der Waals surface area (Å²) in [6.07, 6.45) is 5.04. The Kier molecular flexibility index (Phi) is 3.31. The van der Waals surface area contributed by atoms with Gasteiger partial charge in [-0.2, -0.15) is 0 Å². The fourth-order valence-electron chi connectivity index (χ4n) is 1.33. The molecule has 0 atom stereocenters. The number of nitrogens with zero attached hydrogens (tertiary/aromatic N) is 2. The molecule has 2 heterocycles. The van der Waals surface area contributed by atoms with Gasteiger partial charge in [0, 0.05) is 18.8 Å². The number of rotatable bonds is 4. The summed E-state index contributed by atoms with van der Waals surface area (Å²) in [7, 11) is 0. The maximum Gasteiger partial charge on any atom is 0.162 e. The van der Waals surface area contributed by atoms with Crippen molar-refractivity contribution in [1.29, 1.82) is 0 Å². The third-order valence-electron chi connectivity index (χ3n) is 2.18. The third-order valence-corrected chi connectivity index (χ3v) is 2.18. The van der Waals surface area contributed by atoms with Crippen LogP contribution >= 0.6 is 0 Å². The summed E-state index contributed by atoms with van der Waals surface area (Å²) in [6, 6.07) is 4.22. The van der Waals surface area contributed by atoms with Crippen LogP contribution in [0.4, 0.5) is 0 Å². The summed E-state index contributed by atoms with van der Waals surface area (Å²) >= 11 is 0. The first-order valence-electron chi connectivity index (χ1n) is 5.33. The van der Waals surface area contributed by atoms with E-state index < -0.39 is 0 Å². The fraction of sp³-hybridized carbons (Fsp3) is 0.333. The van der Waals surface area contributed by atoms with Crippen LogP contribution in [-0.4, -0.2) is 16.0 Å². The Labute approximate surface area is 94.7 Å². The minimum Gasteiger partial charge on any atom is -0.472 e. The summed E-state index contributed by atoms with van der Waals surface area (Å²) in [5.41, 5.74) is 1.89. The molecule has 4 heteroatoms. The van der Waals surface area contributed by atoms with Crippen molar-refractivity contribution >= 4 is 0 Å². The van der Waals surface area contributed by atoms with Crippen LogP contribution in [0.2, 0.25) is 0 Å². The Bertz CT molecular complexity index is 437. The second-order valence-electron chi connectivity index (χ2n) is 3.92. The lowest BCUT2D eigenvalue weighted by Gasteiger charge is -2.07. The van der Waals surface area contributed by atoms with Gasteiger partial charge in [-0.25, -0.2) is 9.97 Å². The molecule has 0 bridgehead atoms. The van der Waals surface area contributed by atoms with Crippen LogP contribution in [0, 0.1) is 0 Å². The van der Waals surface area contributed by atoms with Crippen molar-refractivity contribution in [2.75, 3.05) is 0 Å². The fourth-order valence-corrected chi connectivity index (χ4v) is 1.33. The largest absolute Gasteiger partial charge is 0.472 e. The summed E-state index contributed by atoms with van der Waals surface area (Å²) in [4.78, 5) is 8.66. The molecule has 0 radical (unpaired) electrons. The number of aromatic nitrogens is 2. The number of hydrogen-bond acceptors (Lipinski definition) is 4. The van der Waals surface area contributed by atoms with Crippen molar-refractivity contribution in [2.45, 2.75) is 26.4 Å². The minimum atomic E-state index is 0.451. The first-order chi connectivity index (χ1) is 7.75. The van der Waals surface area contributed by atoms with Crippen molar-refractivity contribution in [2.24, 2.45) is 0 Å². The average Bonchev–Trinajstić information content (AvgIpc) is 2.80. The molecule has 0 aliphatic rings. The average molecular weight is 217 g/mol. The van der Waals surface area contributed by atoms with Crippen molar-refractivity contribution in [3.63, 3.8) is 0 Å². The van der Waals surface area contributed by atoms with E-state index in [9.17, 15) is 0 Å². The molecule has 4 nitrogen and oxygen atoms in total. The maximum atomic E-state index is 5.01. The van der Waals surface area contributed by atoms with Crippen LogP contribution in [0.15, 0.2) is 35.3 Å². The SMILES string of the molecule is CC(C)NCc1ccnc(-c2ccoc2)n1. The van der Waals surface area contributed by atoms with E-state index in [0.29, 0.717) is 11.9 Å². The van der Waals surface area contributed by atoms with Gasteiger partial charge in [-0.3, -0.25) is 0 Å². The van der Waals surface area contributed by atoms with Crippen LogP contribution < -0.4 is 5.32 Å². The monoisotopic (exact) mass is 217 g/mol. The zero-order chi connectivity index (χ0) is 11.4. The quantitative estimate of drug-likeness (QED) is 0.853. The normalized spacial score (nSPS) is 10.9. The molecule has 1 N–H and O–H groups in total. The lowest BCUT2D eigenvalue weighted by Crippen LogP contribution is -2.22. The molecule has 0 amide bonds. The highest BCUT2D eigenvalue weighted by Crippen LogP contribution is 2.14. The molecule has 0 fully saturated rings. The van der Waals surface area contributed by atoms with Gasteiger partial charge < -0.3 is 9.73 Å². The van der Waals surface area contributed by atoms with E-state index in [4.69, 9.17) is 4.42 Å². The molecule has 2 aromatic heterocycles. The van der Waals surface area contributed by atoms with E-state index in [1.807, 2.05) is 12.1 Å². The Balaban J connectivity index is 2.14.